The molecule has 1 aliphatic rings. The van der Waals surface area contributed by atoms with E-state index in [2.05, 4.69) is 15.7 Å². The lowest BCUT2D eigenvalue weighted by Crippen LogP contribution is -2.13. The van der Waals surface area contributed by atoms with Crippen LogP contribution in [0.3, 0.4) is 0 Å². The van der Waals surface area contributed by atoms with Crippen molar-refractivity contribution in [2.45, 2.75) is 49.4 Å². The van der Waals surface area contributed by atoms with Crippen molar-refractivity contribution in [2.75, 3.05) is 5.32 Å². The highest BCUT2D eigenvalue weighted by Gasteiger charge is 2.16. The smallest absolute Gasteiger partial charge is 0.256 e. The van der Waals surface area contributed by atoms with Gasteiger partial charge in [0.2, 0.25) is 0 Å². The molecule has 0 radical (unpaired) electrons. The van der Waals surface area contributed by atoms with Gasteiger partial charge in [-0.2, -0.15) is 0 Å². The number of carbonyl (C=O) groups is 1. The maximum absolute atomic E-state index is 12.8. The summed E-state index contributed by atoms with van der Waals surface area (Å²) in [5, 5.41) is 6.13. The standard InChI is InChI=1S/C23H24N2O2S2/c1-16-24-18(14-28-16)15-29-22-9-5-4-8-21(22)23(26)25-17-10-12-20(13-11-17)27-19-6-2-3-7-19/h4-5,8-14,19H,2-3,6-7,15H2,1H3,(H,25,26). The van der Waals surface area contributed by atoms with Crippen molar-refractivity contribution < 1.29 is 9.53 Å². The third-order valence-corrected chi connectivity index (χ3v) is 6.82. The molecule has 1 amide bonds. The Bertz CT molecular complexity index is 963. The topological polar surface area (TPSA) is 51.2 Å². The summed E-state index contributed by atoms with van der Waals surface area (Å²) >= 11 is 3.28. The molecule has 4 nitrogen and oxygen atoms in total. The van der Waals surface area contributed by atoms with Crippen LogP contribution in [0.2, 0.25) is 0 Å². The molecule has 0 unspecified atom stereocenters. The van der Waals surface area contributed by atoms with E-state index in [9.17, 15) is 4.79 Å². The van der Waals surface area contributed by atoms with Crippen molar-refractivity contribution in [1.29, 1.82) is 0 Å². The van der Waals surface area contributed by atoms with Crippen molar-refractivity contribution >= 4 is 34.7 Å². The number of carbonyl (C=O) groups excluding carboxylic acids is 1. The fourth-order valence-electron chi connectivity index (χ4n) is 3.42. The van der Waals surface area contributed by atoms with Crippen LogP contribution in [0.1, 0.15) is 46.7 Å². The first-order valence-corrected chi connectivity index (χ1v) is 11.7. The normalized spacial score (nSPS) is 14.1. The highest BCUT2D eigenvalue weighted by Crippen LogP contribution is 2.28. The van der Waals surface area contributed by atoms with Gasteiger partial charge in [-0.3, -0.25) is 4.79 Å². The minimum atomic E-state index is -0.105. The van der Waals surface area contributed by atoms with Crippen LogP contribution in [-0.4, -0.2) is 17.0 Å². The molecule has 1 fully saturated rings. The van der Waals surface area contributed by atoms with Crippen molar-refractivity contribution in [3.63, 3.8) is 0 Å². The molecule has 1 saturated carbocycles. The Balaban J connectivity index is 1.39. The van der Waals surface area contributed by atoms with Gasteiger partial charge in [0.25, 0.3) is 5.91 Å². The Hall–Kier alpha value is -2.31. The second kappa shape index (κ2) is 9.46. The summed E-state index contributed by atoms with van der Waals surface area (Å²) in [6, 6.07) is 15.4. The largest absolute Gasteiger partial charge is 0.490 e. The molecular formula is C23H24N2O2S2. The van der Waals surface area contributed by atoms with Gasteiger partial charge in [0, 0.05) is 21.7 Å². The number of rotatable bonds is 7. The summed E-state index contributed by atoms with van der Waals surface area (Å²) < 4.78 is 5.99. The fourth-order valence-corrected chi connectivity index (χ4v) is 5.08. The fraction of sp³-hybridized carbons (Fsp3) is 0.304. The third-order valence-electron chi connectivity index (χ3n) is 4.89. The number of amides is 1. The average molecular weight is 425 g/mol. The summed E-state index contributed by atoms with van der Waals surface area (Å²) in [5.74, 6) is 1.51. The molecule has 1 N–H and O–H groups in total. The van der Waals surface area contributed by atoms with Crippen LogP contribution >= 0.6 is 23.1 Å². The number of aryl methyl sites for hydroxylation is 1. The minimum absolute atomic E-state index is 0.105. The zero-order valence-electron chi connectivity index (χ0n) is 16.4. The van der Waals surface area contributed by atoms with E-state index >= 15 is 0 Å². The van der Waals surface area contributed by atoms with E-state index in [0.29, 0.717) is 11.7 Å². The van der Waals surface area contributed by atoms with E-state index in [-0.39, 0.29) is 5.91 Å². The van der Waals surface area contributed by atoms with Crippen molar-refractivity contribution in [2.24, 2.45) is 0 Å². The Morgan fingerprint density at radius 2 is 1.93 bits per heavy atom. The molecule has 4 rings (SSSR count). The van der Waals surface area contributed by atoms with E-state index < -0.39 is 0 Å². The molecule has 29 heavy (non-hydrogen) atoms. The lowest BCUT2D eigenvalue weighted by Gasteiger charge is -2.14. The highest BCUT2D eigenvalue weighted by atomic mass is 32.2. The van der Waals surface area contributed by atoms with Gasteiger partial charge >= 0.3 is 0 Å². The number of nitrogens with zero attached hydrogens (tertiary/aromatic N) is 1. The molecule has 0 bridgehead atoms. The number of aromatic nitrogens is 1. The van der Waals surface area contributed by atoms with Crippen molar-refractivity contribution in [1.82, 2.24) is 4.98 Å². The molecule has 1 aromatic heterocycles. The number of nitrogens with one attached hydrogen (secondary N) is 1. The highest BCUT2D eigenvalue weighted by molar-refractivity contribution is 7.98. The van der Waals surface area contributed by atoms with E-state index in [1.165, 1.54) is 12.8 Å². The summed E-state index contributed by atoms with van der Waals surface area (Å²) in [4.78, 5) is 18.3. The summed E-state index contributed by atoms with van der Waals surface area (Å²) in [7, 11) is 0. The van der Waals surface area contributed by atoms with Crippen LogP contribution < -0.4 is 10.1 Å². The number of ether oxygens (including phenoxy) is 1. The number of hydrogen-bond acceptors (Lipinski definition) is 5. The van der Waals surface area contributed by atoms with Crippen LogP contribution in [0.5, 0.6) is 5.75 Å². The van der Waals surface area contributed by atoms with Gasteiger partial charge < -0.3 is 10.1 Å². The number of thioether (sulfide) groups is 1. The van der Waals surface area contributed by atoms with E-state index in [0.717, 1.165) is 45.6 Å². The maximum atomic E-state index is 12.8. The predicted molar refractivity (Wildman–Crippen MR) is 120 cm³/mol. The monoisotopic (exact) mass is 424 g/mol. The Labute approximate surface area is 179 Å². The van der Waals surface area contributed by atoms with Gasteiger partial charge in [-0.25, -0.2) is 4.98 Å². The second-order valence-corrected chi connectivity index (χ2v) is 9.22. The Morgan fingerprint density at radius 1 is 1.17 bits per heavy atom. The lowest BCUT2D eigenvalue weighted by molar-refractivity contribution is 0.102. The lowest BCUT2D eigenvalue weighted by atomic mass is 10.2. The van der Waals surface area contributed by atoms with Gasteiger partial charge in [0.1, 0.15) is 5.75 Å². The SMILES string of the molecule is Cc1nc(CSc2ccccc2C(=O)Nc2ccc(OC3CCCC3)cc2)cs1. The molecule has 0 atom stereocenters. The maximum Gasteiger partial charge on any atom is 0.256 e. The van der Waals surface area contributed by atoms with Gasteiger partial charge in [0.05, 0.1) is 22.4 Å². The average Bonchev–Trinajstić information content (AvgIpc) is 3.40. The first-order valence-electron chi connectivity index (χ1n) is 9.88. The molecule has 1 aliphatic carbocycles. The van der Waals surface area contributed by atoms with Crippen molar-refractivity contribution in [3.05, 3.63) is 70.2 Å². The zero-order valence-corrected chi connectivity index (χ0v) is 18.0. The van der Waals surface area contributed by atoms with E-state index in [1.807, 2.05) is 55.5 Å². The minimum Gasteiger partial charge on any atom is -0.490 e. The molecule has 6 heteroatoms. The molecule has 0 spiro atoms. The molecule has 2 aromatic carbocycles. The van der Waals surface area contributed by atoms with Crippen LogP contribution in [0, 0.1) is 6.92 Å². The van der Waals surface area contributed by atoms with Crippen LogP contribution in [-0.2, 0) is 5.75 Å². The second-order valence-electron chi connectivity index (χ2n) is 7.15. The third kappa shape index (κ3) is 5.40. The van der Waals surface area contributed by atoms with Crippen molar-refractivity contribution in [3.8, 4) is 5.75 Å². The molecule has 1 heterocycles. The predicted octanol–water partition coefficient (Wildman–Crippen LogP) is 6.32. The summed E-state index contributed by atoms with van der Waals surface area (Å²) in [6.45, 7) is 2.00. The number of benzene rings is 2. The van der Waals surface area contributed by atoms with E-state index in [4.69, 9.17) is 4.74 Å². The number of thiazole rings is 1. The van der Waals surface area contributed by atoms with Crippen LogP contribution in [0.4, 0.5) is 5.69 Å². The zero-order chi connectivity index (χ0) is 20.1. The molecule has 3 aromatic rings. The van der Waals surface area contributed by atoms with Gasteiger partial charge in [-0.05, 0) is 69.0 Å². The van der Waals surface area contributed by atoms with Gasteiger partial charge in [0.15, 0.2) is 0 Å². The number of hydrogen-bond donors (Lipinski definition) is 1. The first-order chi connectivity index (χ1) is 14.2. The molecular weight excluding hydrogens is 400 g/mol. The van der Waals surface area contributed by atoms with Gasteiger partial charge in [-0.15, -0.1) is 23.1 Å². The quantitative estimate of drug-likeness (QED) is 0.451. The molecule has 0 saturated heterocycles. The van der Waals surface area contributed by atoms with Gasteiger partial charge in [-0.1, -0.05) is 12.1 Å². The summed E-state index contributed by atoms with van der Waals surface area (Å²) in [5.41, 5.74) is 2.49. The van der Waals surface area contributed by atoms with Crippen LogP contribution in [0.25, 0.3) is 0 Å². The van der Waals surface area contributed by atoms with Crippen LogP contribution in [0.15, 0.2) is 58.8 Å². The summed E-state index contributed by atoms with van der Waals surface area (Å²) in [6.07, 6.45) is 5.10. The first kappa shape index (κ1) is 20.0. The molecule has 0 aliphatic heterocycles. The Kier molecular flexibility index (Phi) is 6.52. The molecule has 150 valence electrons. The van der Waals surface area contributed by atoms with E-state index in [1.54, 1.807) is 23.1 Å². The Morgan fingerprint density at radius 3 is 2.66 bits per heavy atom. The number of anilines is 1.